The molecular weight excluding hydrogens is 278 g/mol. The molecule has 2 heterocycles. The fraction of sp³-hybridized carbons (Fsp3) is 0.471. The van der Waals surface area contributed by atoms with Crippen LogP contribution in [0.1, 0.15) is 54.9 Å². The van der Waals surface area contributed by atoms with Crippen LogP contribution in [0.4, 0.5) is 0 Å². The van der Waals surface area contributed by atoms with Crippen LogP contribution in [0.5, 0.6) is 0 Å². The van der Waals surface area contributed by atoms with Crippen LogP contribution in [0, 0.1) is 6.92 Å². The molecule has 0 bridgehead atoms. The van der Waals surface area contributed by atoms with Crippen molar-refractivity contribution in [3.8, 4) is 0 Å². The Morgan fingerprint density at radius 2 is 2.05 bits per heavy atom. The van der Waals surface area contributed by atoms with Crippen LogP contribution in [0.2, 0.25) is 0 Å². The second-order valence-electron chi connectivity index (χ2n) is 6.25. The van der Waals surface area contributed by atoms with Gasteiger partial charge >= 0.3 is 0 Å². The molecule has 1 aliphatic heterocycles. The van der Waals surface area contributed by atoms with Crippen molar-refractivity contribution in [2.75, 3.05) is 6.54 Å². The van der Waals surface area contributed by atoms with Crippen molar-refractivity contribution in [1.29, 1.82) is 0 Å². The zero-order valence-corrected chi connectivity index (χ0v) is 13.2. The molecule has 116 valence electrons. The van der Waals surface area contributed by atoms with E-state index in [4.69, 9.17) is 4.52 Å². The third-order valence-corrected chi connectivity index (χ3v) is 4.13. The third-order valence-electron chi connectivity index (χ3n) is 4.13. The molecule has 5 nitrogen and oxygen atoms in total. The topological polar surface area (TPSA) is 59.2 Å². The van der Waals surface area contributed by atoms with Gasteiger partial charge in [-0.15, -0.1) is 0 Å². The summed E-state index contributed by atoms with van der Waals surface area (Å²) in [6.07, 6.45) is 0.450. The Morgan fingerprint density at radius 3 is 2.64 bits per heavy atom. The second-order valence-corrected chi connectivity index (χ2v) is 6.25. The molecule has 0 saturated carbocycles. The Labute approximate surface area is 130 Å². The molecule has 1 amide bonds. The Kier molecular flexibility index (Phi) is 3.96. The maximum absolute atomic E-state index is 12.2. The fourth-order valence-electron chi connectivity index (χ4n) is 2.80. The molecular formula is C17H21N3O2. The molecule has 2 aromatic rings. The predicted octanol–water partition coefficient (Wildman–Crippen LogP) is 3.02. The lowest BCUT2D eigenvalue weighted by molar-refractivity contribution is -0.128. The van der Waals surface area contributed by atoms with Gasteiger partial charge in [-0.25, -0.2) is 0 Å². The first-order chi connectivity index (χ1) is 10.5. The molecule has 1 aromatic heterocycles. The van der Waals surface area contributed by atoms with Crippen LogP contribution in [0.15, 0.2) is 28.8 Å². The summed E-state index contributed by atoms with van der Waals surface area (Å²) < 4.78 is 5.20. The van der Waals surface area contributed by atoms with Crippen molar-refractivity contribution in [3.05, 3.63) is 47.1 Å². The summed E-state index contributed by atoms with van der Waals surface area (Å²) in [5.41, 5.74) is 2.47. The largest absolute Gasteiger partial charge is 0.339 e. The van der Waals surface area contributed by atoms with E-state index in [2.05, 4.69) is 48.3 Å². The van der Waals surface area contributed by atoms with Gasteiger partial charge in [0.1, 0.15) is 0 Å². The van der Waals surface area contributed by atoms with Gasteiger partial charge in [0, 0.05) is 19.5 Å². The number of carbonyl (C=O) groups is 1. The average Bonchev–Trinajstić information content (AvgIpc) is 3.06. The smallest absolute Gasteiger partial charge is 0.232 e. The van der Waals surface area contributed by atoms with Crippen molar-refractivity contribution >= 4 is 5.91 Å². The summed E-state index contributed by atoms with van der Waals surface area (Å²) in [4.78, 5) is 18.3. The van der Waals surface area contributed by atoms with Crippen molar-refractivity contribution in [2.45, 2.75) is 45.6 Å². The first-order valence-electron chi connectivity index (χ1n) is 7.69. The molecule has 1 fully saturated rings. The van der Waals surface area contributed by atoms with Gasteiger partial charge in [-0.3, -0.25) is 4.79 Å². The summed E-state index contributed by atoms with van der Waals surface area (Å²) in [5, 5.41) is 3.81. The van der Waals surface area contributed by atoms with E-state index in [0.717, 1.165) is 5.56 Å². The lowest BCUT2D eigenvalue weighted by Crippen LogP contribution is -2.24. The van der Waals surface area contributed by atoms with Gasteiger partial charge in [0.15, 0.2) is 5.82 Å². The molecule has 1 atom stereocenters. The molecule has 1 saturated heterocycles. The molecule has 1 aliphatic rings. The van der Waals surface area contributed by atoms with Crippen LogP contribution in [0.25, 0.3) is 0 Å². The summed E-state index contributed by atoms with van der Waals surface area (Å²) in [6, 6.07) is 8.48. The standard InChI is InChI=1S/C17H21N3O2/c1-11(2)14-6-4-13(5-7-14)9-20-10-15(8-16(20)21)17-18-12(3)19-22-17/h4-7,11,15H,8-10H2,1-3H3. The van der Waals surface area contributed by atoms with Gasteiger partial charge in [0.2, 0.25) is 11.8 Å². The SMILES string of the molecule is Cc1noc(C2CC(=O)N(Cc3ccc(C(C)C)cc3)C2)n1. The molecule has 3 rings (SSSR count). The second kappa shape index (κ2) is 5.91. The maximum Gasteiger partial charge on any atom is 0.232 e. The number of aromatic nitrogens is 2. The van der Waals surface area contributed by atoms with E-state index in [1.165, 1.54) is 5.56 Å². The highest BCUT2D eigenvalue weighted by atomic mass is 16.5. The quantitative estimate of drug-likeness (QED) is 0.870. The van der Waals surface area contributed by atoms with Crippen LogP contribution >= 0.6 is 0 Å². The molecule has 1 unspecified atom stereocenters. The lowest BCUT2D eigenvalue weighted by Gasteiger charge is -2.16. The highest BCUT2D eigenvalue weighted by Crippen LogP contribution is 2.28. The Hall–Kier alpha value is -2.17. The number of hydrogen-bond acceptors (Lipinski definition) is 4. The van der Waals surface area contributed by atoms with E-state index in [0.29, 0.717) is 37.1 Å². The Balaban J connectivity index is 1.66. The molecule has 22 heavy (non-hydrogen) atoms. The van der Waals surface area contributed by atoms with Crippen LogP contribution in [-0.4, -0.2) is 27.5 Å². The summed E-state index contributed by atoms with van der Waals surface area (Å²) in [5.74, 6) is 1.87. The number of benzene rings is 1. The maximum atomic E-state index is 12.2. The van der Waals surface area contributed by atoms with Gasteiger partial charge in [-0.1, -0.05) is 43.3 Å². The van der Waals surface area contributed by atoms with E-state index in [9.17, 15) is 4.79 Å². The average molecular weight is 299 g/mol. The van der Waals surface area contributed by atoms with Crippen molar-refractivity contribution in [3.63, 3.8) is 0 Å². The van der Waals surface area contributed by atoms with E-state index >= 15 is 0 Å². The number of aryl methyl sites for hydroxylation is 1. The molecule has 0 radical (unpaired) electrons. The monoisotopic (exact) mass is 299 g/mol. The normalized spacial score (nSPS) is 18.5. The number of nitrogens with zero attached hydrogens (tertiary/aromatic N) is 3. The minimum atomic E-state index is 0.0173. The van der Waals surface area contributed by atoms with Gasteiger partial charge in [0.25, 0.3) is 0 Å². The first kappa shape index (κ1) is 14.8. The van der Waals surface area contributed by atoms with Gasteiger partial charge in [0.05, 0.1) is 5.92 Å². The fourth-order valence-corrected chi connectivity index (χ4v) is 2.80. The zero-order valence-electron chi connectivity index (χ0n) is 13.2. The first-order valence-corrected chi connectivity index (χ1v) is 7.69. The van der Waals surface area contributed by atoms with Gasteiger partial charge in [-0.05, 0) is 24.0 Å². The van der Waals surface area contributed by atoms with Crippen molar-refractivity contribution < 1.29 is 9.32 Å². The minimum Gasteiger partial charge on any atom is -0.339 e. The van der Waals surface area contributed by atoms with E-state index in [-0.39, 0.29) is 11.8 Å². The van der Waals surface area contributed by atoms with Crippen molar-refractivity contribution in [1.82, 2.24) is 15.0 Å². The number of carbonyl (C=O) groups excluding carboxylic acids is 1. The lowest BCUT2D eigenvalue weighted by atomic mass is 10.0. The summed E-state index contributed by atoms with van der Waals surface area (Å²) in [6.45, 7) is 7.43. The predicted molar refractivity (Wildman–Crippen MR) is 82.3 cm³/mol. The van der Waals surface area contributed by atoms with E-state index in [1.54, 1.807) is 6.92 Å². The number of amides is 1. The number of rotatable bonds is 4. The highest BCUT2D eigenvalue weighted by Gasteiger charge is 2.33. The van der Waals surface area contributed by atoms with Gasteiger partial charge < -0.3 is 9.42 Å². The van der Waals surface area contributed by atoms with Crippen LogP contribution < -0.4 is 0 Å². The molecule has 1 aromatic carbocycles. The van der Waals surface area contributed by atoms with Crippen LogP contribution in [-0.2, 0) is 11.3 Å². The zero-order chi connectivity index (χ0) is 15.7. The molecule has 5 heteroatoms. The Bertz CT molecular complexity index is 661. The number of hydrogen-bond donors (Lipinski definition) is 0. The Morgan fingerprint density at radius 1 is 1.32 bits per heavy atom. The molecule has 0 N–H and O–H groups in total. The van der Waals surface area contributed by atoms with E-state index < -0.39 is 0 Å². The summed E-state index contributed by atoms with van der Waals surface area (Å²) in [7, 11) is 0. The molecule has 0 spiro atoms. The number of likely N-dealkylation sites (tertiary alicyclic amines) is 1. The third kappa shape index (κ3) is 3.03. The minimum absolute atomic E-state index is 0.0173. The van der Waals surface area contributed by atoms with Crippen molar-refractivity contribution in [2.24, 2.45) is 0 Å². The van der Waals surface area contributed by atoms with Crippen LogP contribution in [0.3, 0.4) is 0 Å². The van der Waals surface area contributed by atoms with E-state index in [1.807, 2.05) is 4.90 Å². The van der Waals surface area contributed by atoms with Gasteiger partial charge in [-0.2, -0.15) is 4.98 Å². The molecule has 0 aliphatic carbocycles. The highest BCUT2D eigenvalue weighted by molar-refractivity contribution is 5.79. The summed E-state index contributed by atoms with van der Waals surface area (Å²) >= 11 is 0.